The minimum absolute atomic E-state index is 0.102. The molecular weight excluding hydrogens is 451 g/mol. The monoisotopic (exact) mass is 456 g/mol. The first kappa shape index (κ1) is 14.1. The van der Waals surface area contributed by atoms with Gasteiger partial charge >= 0.3 is 0 Å². The van der Waals surface area contributed by atoms with E-state index in [4.69, 9.17) is 11.6 Å². The van der Waals surface area contributed by atoms with E-state index in [1.807, 2.05) is 6.07 Å². The third-order valence-corrected chi connectivity index (χ3v) is 7.22. The Balaban J connectivity index is 2.36. The van der Waals surface area contributed by atoms with E-state index in [0.717, 1.165) is 23.2 Å². The molecule has 0 aliphatic carbocycles. The lowest BCUT2D eigenvalue weighted by atomic mass is 10.1. The second kappa shape index (κ2) is 5.74. The van der Waals surface area contributed by atoms with Gasteiger partial charge in [0.1, 0.15) is 0 Å². The van der Waals surface area contributed by atoms with Gasteiger partial charge in [0.05, 0.1) is 9.16 Å². The molecule has 0 spiro atoms. The highest BCUT2D eigenvalue weighted by atomic mass is 79.9. The quantitative estimate of drug-likeness (QED) is 0.440. The smallest absolute Gasteiger partial charge is 0.0928 e. The minimum atomic E-state index is -0.102. The van der Waals surface area contributed by atoms with E-state index in [9.17, 15) is 0 Å². The summed E-state index contributed by atoms with van der Waals surface area (Å²) >= 11 is 18.6. The highest BCUT2D eigenvalue weighted by Crippen LogP contribution is 2.40. The second-order valence-electron chi connectivity index (χ2n) is 3.64. The van der Waals surface area contributed by atoms with Crippen molar-refractivity contribution in [3.63, 3.8) is 0 Å². The van der Waals surface area contributed by atoms with Gasteiger partial charge in [-0.2, -0.15) is 0 Å². The minimum Gasteiger partial charge on any atom is -0.130 e. The third kappa shape index (κ3) is 3.16. The fourth-order valence-electron chi connectivity index (χ4n) is 1.48. The van der Waals surface area contributed by atoms with Crippen LogP contribution in [0.25, 0.3) is 0 Å². The zero-order chi connectivity index (χ0) is 12.6. The molecule has 0 bridgehead atoms. The van der Waals surface area contributed by atoms with Gasteiger partial charge in [-0.25, -0.2) is 0 Å². The summed E-state index contributed by atoms with van der Waals surface area (Å²) in [6.45, 7) is 2.07. The number of thiophene rings is 1. The van der Waals surface area contributed by atoms with Crippen LogP contribution < -0.4 is 0 Å². The number of halogens is 4. The van der Waals surface area contributed by atoms with Crippen molar-refractivity contribution >= 4 is 70.7 Å². The van der Waals surface area contributed by atoms with Crippen LogP contribution in [0.4, 0.5) is 0 Å². The Morgan fingerprint density at radius 1 is 1.12 bits per heavy atom. The largest absolute Gasteiger partial charge is 0.130 e. The summed E-state index contributed by atoms with van der Waals surface area (Å²) in [6.07, 6.45) is 0. The lowest BCUT2D eigenvalue weighted by molar-refractivity contribution is 1.17. The molecule has 90 valence electrons. The Labute approximate surface area is 135 Å². The lowest BCUT2D eigenvalue weighted by Crippen LogP contribution is -1.91. The van der Waals surface area contributed by atoms with Gasteiger partial charge in [0, 0.05) is 13.8 Å². The van der Waals surface area contributed by atoms with E-state index < -0.39 is 0 Å². The topological polar surface area (TPSA) is 0 Å². The molecule has 0 aliphatic heterocycles. The normalized spacial score (nSPS) is 12.8. The molecule has 0 N–H and O–H groups in total. The van der Waals surface area contributed by atoms with E-state index >= 15 is 0 Å². The Morgan fingerprint density at radius 2 is 1.82 bits per heavy atom. The number of hydrogen-bond acceptors (Lipinski definition) is 1. The van der Waals surface area contributed by atoms with Crippen LogP contribution in [0.2, 0.25) is 0 Å². The van der Waals surface area contributed by atoms with Crippen LogP contribution in [0, 0.1) is 6.92 Å². The van der Waals surface area contributed by atoms with Crippen LogP contribution in [0.3, 0.4) is 0 Å². The van der Waals surface area contributed by atoms with E-state index in [0.29, 0.717) is 0 Å². The summed E-state index contributed by atoms with van der Waals surface area (Å²) < 4.78 is 3.24. The van der Waals surface area contributed by atoms with Crippen LogP contribution >= 0.6 is 70.7 Å². The van der Waals surface area contributed by atoms with Crippen molar-refractivity contribution in [3.8, 4) is 0 Å². The zero-order valence-electron chi connectivity index (χ0n) is 8.81. The molecule has 2 aromatic rings. The molecule has 0 amide bonds. The standard InChI is InChI=1S/C12H8Br3ClS/c1-6-4-7(2-3-8(6)13)11(16)10-5-9(14)12(15)17-10/h2-5,11H,1H3. The Bertz CT molecular complexity index is 531. The number of aryl methyl sites for hydroxylation is 1. The van der Waals surface area contributed by atoms with Crippen molar-refractivity contribution in [1.82, 2.24) is 0 Å². The van der Waals surface area contributed by atoms with E-state index in [-0.39, 0.29) is 5.38 Å². The van der Waals surface area contributed by atoms with Gasteiger partial charge in [-0.15, -0.1) is 22.9 Å². The molecule has 0 saturated carbocycles. The van der Waals surface area contributed by atoms with Crippen LogP contribution in [-0.2, 0) is 0 Å². The van der Waals surface area contributed by atoms with Crippen LogP contribution in [0.5, 0.6) is 0 Å². The van der Waals surface area contributed by atoms with Crippen molar-refractivity contribution in [3.05, 3.63) is 53.0 Å². The van der Waals surface area contributed by atoms with Crippen molar-refractivity contribution in [2.75, 3.05) is 0 Å². The first-order valence-corrected chi connectivity index (χ1v) is 8.47. The molecule has 0 nitrogen and oxygen atoms in total. The molecule has 0 aliphatic rings. The summed E-state index contributed by atoms with van der Waals surface area (Å²) in [5.41, 5.74) is 2.32. The number of benzene rings is 1. The molecule has 0 saturated heterocycles. The van der Waals surface area contributed by atoms with Crippen molar-refractivity contribution in [2.45, 2.75) is 12.3 Å². The molecule has 0 radical (unpaired) electrons. The van der Waals surface area contributed by atoms with Gasteiger partial charge in [0.25, 0.3) is 0 Å². The average Bonchev–Trinajstić information content (AvgIpc) is 2.62. The molecule has 1 aromatic heterocycles. The van der Waals surface area contributed by atoms with E-state index in [1.54, 1.807) is 11.3 Å². The molecule has 2 rings (SSSR count). The zero-order valence-corrected chi connectivity index (χ0v) is 15.1. The molecular formula is C12H8Br3ClS. The third-order valence-electron chi connectivity index (χ3n) is 2.39. The Morgan fingerprint density at radius 3 is 2.35 bits per heavy atom. The molecule has 1 aromatic carbocycles. The lowest BCUT2D eigenvalue weighted by Gasteiger charge is -2.09. The first-order valence-electron chi connectivity index (χ1n) is 4.84. The molecule has 1 atom stereocenters. The molecule has 17 heavy (non-hydrogen) atoms. The summed E-state index contributed by atoms with van der Waals surface area (Å²) in [5.74, 6) is 0. The number of rotatable bonds is 2. The first-order chi connectivity index (χ1) is 7.99. The molecule has 0 fully saturated rings. The second-order valence-corrected chi connectivity index (χ2v) is 8.19. The fraction of sp³-hybridized carbons (Fsp3) is 0.167. The maximum Gasteiger partial charge on any atom is 0.0928 e. The highest BCUT2D eigenvalue weighted by Gasteiger charge is 2.15. The maximum atomic E-state index is 6.49. The van der Waals surface area contributed by atoms with Crippen molar-refractivity contribution in [2.24, 2.45) is 0 Å². The maximum absolute atomic E-state index is 6.49. The number of hydrogen-bond donors (Lipinski definition) is 0. The summed E-state index contributed by atoms with van der Waals surface area (Å²) in [6, 6.07) is 8.26. The van der Waals surface area contributed by atoms with E-state index in [1.165, 1.54) is 5.56 Å². The fourth-order valence-corrected chi connectivity index (χ4v) is 4.15. The van der Waals surface area contributed by atoms with Gasteiger partial charge in [-0.05, 0) is 62.0 Å². The Kier molecular flexibility index (Phi) is 4.75. The summed E-state index contributed by atoms with van der Waals surface area (Å²) in [7, 11) is 0. The van der Waals surface area contributed by atoms with Gasteiger partial charge in [-0.1, -0.05) is 28.1 Å². The van der Waals surface area contributed by atoms with Crippen LogP contribution in [0.1, 0.15) is 21.4 Å². The van der Waals surface area contributed by atoms with Gasteiger partial charge in [-0.3, -0.25) is 0 Å². The van der Waals surface area contributed by atoms with Crippen molar-refractivity contribution < 1.29 is 0 Å². The van der Waals surface area contributed by atoms with Gasteiger partial charge in [0.15, 0.2) is 0 Å². The van der Waals surface area contributed by atoms with Crippen LogP contribution in [-0.4, -0.2) is 0 Å². The Hall–Kier alpha value is 0.650. The molecule has 1 unspecified atom stereocenters. The van der Waals surface area contributed by atoms with Crippen LogP contribution in [0.15, 0.2) is 37.0 Å². The van der Waals surface area contributed by atoms with E-state index in [2.05, 4.69) is 72.9 Å². The average molecular weight is 459 g/mol. The molecule has 5 heteroatoms. The number of alkyl halides is 1. The van der Waals surface area contributed by atoms with Gasteiger partial charge < -0.3 is 0 Å². The predicted molar refractivity (Wildman–Crippen MR) is 86.3 cm³/mol. The van der Waals surface area contributed by atoms with Crippen molar-refractivity contribution in [1.29, 1.82) is 0 Å². The van der Waals surface area contributed by atoms with Gasteiger partial charge in [0.2, 0.25) is 0 Å². The SMILES string of the molecule is Cc1cc(C(Cl)c2cc(Br)c(Br)s2)ccc1Br. The molecule has 1 heterocycles. The highest BCUT2D eigenvalue weighted by molar-refractivity contribution is 9.13. The summed E-state index contributed by atoms with van der Waals surface area (Å²) in [4.78, 5) is 1.13. The summed E-state index contributed by atoms with van der Waals surface area (Å²) in [5, 5.41) is -0.102. The predicted octanol–water partition coefficient (Wildman–Crippen LogP) is 6.67.